The Morgan fingerprint density at radius 3 is 3.06 bits per heavy atom. The Hall–Kier alpha value is -1.29. The Morgan fingerprint density at radius 1 is 1.50 bits per heavy atom. The summed E-state index contributed by atoms with van der Waals surface area (Å²) in [5.74, 6) is 0.807. The van der Waals surface area contributed by atoms with Gasteiger partial charge in [-0.25, -0.2) is 4.98 Å². The number of hydrogen-bond donors (Lipinski definition) is 2. The number of hydrogen-bond acceptors (Lipinski definition) is 4. The van der Waals surface area contributed by atoms with Crippen LogP contribution in [-0.4, -0.2) is 23.2 Å². The Balaban J connectivity index is 1.77. The lowest BCUT2D eigenvalue weighted by molar-refractivity contribution is 0.102. The van der Waals surface area contributed by atoms with Crippen LogP contribution in [0.15, 0.2) is 12.3 Å². The number of anilines is 2. The highest BCUT2D eigenvalue weighted by Crippen LogP contribution is 2.36. The molecular formula is C12H17N3O. The van der Waals surface area contributed by atoms with Crippen LogP contribution in [0.3, 0.4) is 0 Å². The van der Waals surface area contributed by atoms with E-state index in [9.17, 15) is 0 Å². The number of aromatic nitrogens is 1. The summed E-state index contributed by atoms with van der Waals surface area (Å²) >= 11 is 0. The van der Waals surface area contributed by atoms with Crippen LogP contribution in [0, 0.1) is 6.92 Å². The third kappa shape index (κ3) is 1.53. The highest BCUT2D eigenvalue weighted by molar-refractivity contribution is 5.65. The van der Waals surface area contributed by atoms with Gasteiger partial charge in [0.2, 0.25) is 0 Å². The van der Waals surface area contributed by atoms with Gasteiger partial charge in [-0.05, 0) is 37.8 Å². The largest absolute Gasteiger partial charge is 0.396 e. The fraction of sp³-hybridized carbons (Fsp3) is 0.583. The summed E-state index contributed by atoms with van der Waals surface area (Å²) in [6.07, 6.45) is 6.05. The van der Waals surface area contributed by atoms with Crippen LogP contribution in [0.4, 0.5) is 11.5 Å². The van der Waals surface area contributed by atoms with Crippen molar-refractivity contribution in [3.05, 3.63) is 17.8 Å². The summed E-state index contributed by atoms with van der Waals surface area (Å²) in [6.45, 7) is 2.00. The standard InChI is InChI=1S/C12H17N3O/c1-7-4-5-14-12(11(7)13)15-9-6-8-2-3-10(9)16-8/h4-5,8-10H,2-3,6,13H2,1H3,(H,14,15). The molecule has 2 aliphatic rings. The van der Waals surface area contributed by atoms with Crippen LogP contribution < -0.4 is 11.1 Å². The lowest BCUT2D eigenvalue weighted by Crippen LogP contribution is -2.31. The summed E-state index contributed by atoms with van der Waals surface area (Å²) in [5, 5.41) is 3.42. The molecule has 2 aliphatic heterocycles. The van der Waals surface area contributed by atoms with Gasteiger partial charge in [-0.3, -0.25) is 0 Å². The maximum atomic E-state index is 5.99. The van der Waals surface area contributed by atoms with E-state index in [1.54, 1.807) is 6.20 Å². The molecule has 0 spiro atoms. The molecule has 3 atom stereocenters. The zero-order chi connectivity index (χ0) is 11.1. The lowest BCUT2D eigenvalue weighted by atomic mass is 9.95. The molecule has 1 aromatic heterocycles. The van der Waals surface area contributed by atoms with Gasteiger partial charge in [0.1, 0.15) is 5.82 Å². The summed E-state index contributed by atoms with van der Waals surface area (Å²) in [7, 11) is 0. The average molecular weight is 219 g/mol. The first kappa shape index (κ1) is 9.90. The van der Waals surface area contributed by atoms with E-state index in [0.29, 0.717) is 18.2 Å². The second kappa shape index (κ2) is 3.63. The maximum Gasteiger partial charge on any atom is 0.149 e. The number of pyridine rings is 1. The molecule has 4 heteroatoms. The number of aryl methyl sites for hydroxylation is 1. The van der Waals surface area contributed by atoms with Gasteiger partial charge in [-0.15, -0.1) is 0 Å². The number of nitrogens with zero attached hydrogens (tertiary/aromatic N) is 1. The molecule has 16 heavy (non-hydrogen) atoms. The number of nitrogens with one attached hydrogen (secondary N) is 1. The second-order valence-corrected chi connectivity index (χ2v) is 4.75. The molecule has 0 radical (unpaired) electrons. The minimum absolute atomic E-state index is 0.353. The zero-order valence-electron chi connectivity index (χ0n) is 9.44. The van der Waals surface area contributed by atoms with E-state index < -0.39 is 0 Å². The fourth-order valence-corrected chi connectivity index (χ4v) is 2.65. The Kier molecular flexibility index (Phi) is 2.24. The molecule has 2 fully saturated rings. The summed E-state index contributed by atoms with van der Waals surface area (Å²) in [5.41, 5.74) is 7.82. The topological polar surface area (TPSA) is 60.2 Å². The van der Waals surface area contributed by atoms with E-state index in [2.05, 4.69) is 10.3 Å². The number of rotatable bonds is 2. The molecule has 3 unspecified atom stereocenters. The number of ether oxygens (including phenoxy) is 1. The Bertz CT molecular complexity index is 407. The summed E-state index contributed by atoms with van der Waals surface area (Å²) in [4.78, 5) is 4.29. The van der Waals surface area contributed by atoms with Crippen LogP contribution in [0.5, 0.6) is 0 Å². The molecule has 3 heterocycles. The van der Waals surface area contributed by atoms with Crippen LogP contribution in [0.25, 0.3) is 0 Å². The van der Waals surface area contributed by atoms with Gasteiger partial charge in [-0.2, -0.15) is 0 Å². The predicted molar refractivity (Wildman–Crippen MR) is 63.3 cm³/mol. The molecule has 3 rings (SSSR count). The van der Waals surface area contributed by atoms with Crippen molar-refractivity contribution in [1.82, 2.24) is 4.98 Å². The van der Waals surface area contributed by atoms with E-state index in [0.717, 1.165) is 29.9 Å². The summed E-state index contributed by atoms with van der Waals surface area (Å²) < 4.78 is 5.80. The van der Waals surface area contributed by atoms with E-state index in [-0.39, 0.29) is 0 Å². The van der Waals surface area contributed by atoms with Crippen molar-refractivity contribution in [3.8, 4) is 0 Å². The smallest absolute Gasteiger partial charge is 0.149 e. The SMILES string of the molecule is Cc1ccnc(NC2CC3CCC2O3)c1N. The highest BCUT2D eigenvalue weighted by Gasteiger charge is 2.40. The van der Waals surface area contributed by atoms with Gasteiger partial charge in [0, 0.05) is 6.20 Å². The first-order valence-corrected chi connectivity index (χ1v) is 5.87. The minimum Gasteiger partial charge on any atom is -0.396 e. The molecule has 0 saturated carbocycles. The van der Waals surface area contributed by atoms with Gasteiger partial charge in [-0.1, -0.05) is 0 Å². The number of fused-ring (bicyclic) bond motifs is 2. The third-order valence-corrected chi connectivity index (χ3v) is 3.64. The van der Waals surface area contributed by atoms with Gasteiger partial charge in [0.15, 0.2) is 0 Å². The highest BCUT2D eigenvalue weighted by atomic mass is 16.5. The molecule has 0 aromatic carbocycles. The molecule has 0 amide bonds. The normalized spacial score (nSPS) is 31.9. The zero-order valence-corrected chi connectivity index (χ0v) is 9.44. The summed E-state index contributed by atoms with van der Waals surface area (Å²) in [6, 6.07) is 2.31. The lowest BCUT2D eigenvalue weighted by Gasteiger charge is -2.21. The fourth-order valence-electron chi connectivity index (χ4n) is 2.65. The molecule has 2 saturated heterocycles. The van der Waals surface area contributed by atoms with Crippen molar-refractivity contribution in [1.29, 1.82) is 0 Å². The molecule has 4 nitrogen and oxygen atoms in total. The first-order chi connectivity index (χ1) is 7.74. The average Bonchev–Trinajstić information content (AvgIpc) is 2.86. The maximum absolute atomic E-state index is 5.99. The predicted octanol–water partition coefficient (Wildman–Crippen LogP) is 1.70. The van der Waals surface area contributed by atoms with Crippen molar-refractivity contribution in [3.63, 3.8) is 0 Å². The quantitative estimate of drug-likeness (QED) is 0.795. The van der Waals surface area contributed by atoms with Gasteiger partial charge >= 0.3 is 0 Å². The van der Waals surface area contributed by atoms with Crippen molar-refractivity contribution < 1.29 is 4.74 Å². The molecule has 2 bridgehead atoms. The minimum atomic E-state index is 0.353. The second-order valence-electron chi connectivity index (χ2n) is 4.75. The first-order valence-electron chi connectivity index (χ1n) is 5.87. The van der Waals surface area contributed by atoms with Gasteiger partial charge < -0.3 is 15.8 Å². The third-order valence-electron chi connectivity index (χ3n) is 3.64. The Labute approximate surface area is 95.2 Å². The molecule has 1 aromatic rings. The van der Waals surface area contributed by atoms with Gasteiger partial charge in [0.25, 0.3) is 0 Å². The van der Waals surface area contributed by atoms with Crippen LogP contribution >= 0.6 is 0 Å². The van der Waals surface area contributed by atoms with Crippen LogP contribution in [0.1, 0.15) is 24.8 Å². The molecule has 86 valence electrons. The van der Waals surface area contributed by atoms with E-state index in [1.807, 2.05) is 13.0 Å². The van der Waals surface area contributed by atoms with E-state index in [4.69, 9.17) is 10.5 Å². The van der Waals surface area contributed by atoms with Gasteiger partial charge in [0.05, 0.1) is 23.9 Å². The molecular weight excluding hydrogens is 202 g/mol. The molecule has 0 aliphatic carbocycles. The number of nitrogens with two attached hydrogens (primary N) is 1. The van der Waals surface area contributed by atoms with Crippen molar-refractivity contribution in [2.75, 3.05) is 11.1 Å². The van der Waals surface area contributed by atoms with Crippen LogP contribution in [0.2, 0.25) is 0 Å². The van der Waals surface area contributed by atoms with Crippen molar-refractivity contribution in [2.45, 2.75) is 44.4 Å². The molecule has 3 N–H and O–H groups in total. The van der Waals surface area contributed by atoms with Crippen LogP contribution in [-0.2, 0) is 4.74 Å². The van der Waals surface area contributed by atoms with Crippen molar-refractivity contribution >= 4 is 11.5 Å². The Morgan fingerprint density at radius 2 is 2.38 bits per heavy atom. The van der Waals surface area contributed by atoms with E-state index in [1.165, 1.54) is 6.42 Å². The van der Waals surface area contributed by atoms with Crippen molar-refractivity contribution in [2.24, 2.45) is 0 Å². The monoisotopic (exact) mass is 219 g/mol. The number of nitrogen functional groups attached to an aromatic ring is 1. The van der Waals surface area contributed by atoms with E-state index >= 15 is 0 Å².